The van der Waals surface area contributed by atoms with Crippen molar-refractivity contribution < 1.29 is 54.9 Å². The van der Waals surface area contributed by atoms with Crippen molar-refractivity contribution in [2.45, 2.75) is 59.7 Å². The molecule has 0 bridgehead atoms. The third-order valence-corrected chi connectivity index (χ3v) is 6.79. The summed E-state index contributed by atoms with van der Waals surface area (Å²) in [5.74, 6) is 0.115. The number of non-ortho nitro benzene ring substituents is 1. The molecule has 0 amide bonds. The number of benzene rings is 1. The minimum Gasteiger partial charge on any atom is -0.462 e. The second-order valence-corrected chi connectivity index (χ2v) is 8.65. The van der Waals surface area contributed by atoms with Crippen LogP contribution in [0.3, 0.4) is 0 Å². The van der Waals surface area contributed by atoms with Crippen LogP contribution in [-0.4, -0.2) is 114 Å². The first kappa shape index (κ1) is 25.0. The molecule has 1 aromatic rings. The van der Waals surface area contributed by atoms with Gasteiger partial charge in [0.05, 0.1) is 29.5 Å². The van der Waals surface area contributed by atoms with Crippen LogP contribution in [0.15, 0.2) is 24.3 Å². The summed E-state index contributed by atoms with van der Waals surface area (Å²) in [6.45, 7) is -1.29. The zero-order valence-electron chi connectivity index (χ0n) is 16.5. The van der Waals surface area contributed by atoms with Crippen LogP contribution in [0, 0.1) is 10.1 Å². The predicted molar refractivity (Wildman–Crippen MR) is 107 cm³/mol. The molecule has 2 heterocycles. The maximum Gasteiger partial charge on any atom is 0.269 e. The van der Waals surface area contributed by atoms with Gasteiger partial charge in [-0.1, -0.05) is 0 Å². The van der Waals surface area contributed by atoms with Gasteiger partial charge in [-0.2, -0.15) is 0 Å². The van der Waals surface area contributed by atoms with Crippen molar-refractivity contribution in [1.29, 1.82) is 0 Å². The molecule has 13 nitrogen and oxygen atoms in total. The highest BCUT2D eigenvalue weighted by Crippen LogP contribution is 2.38. The average molecular weight is 479 g/mol. The Morgan fingerprint density at radius 2 is 1.47 bits per heavy atom. The molecule has 7 N–H and O–H groups in total. The van der Waals surface area contributed by atoms with E-state index in [1.165, 1.54) is 24.3 Å². The Labute approximate surface area is 185 Å². The summed E-state index contributed by atoms with van der Waals surface area (Å²) in [4.78, 5) is 10.2. The van der Waals surface area contributed by atoms with Crippen LogP contribution in [0.2, 0.25) is 0 Å². The van der Waals surface area contributed by atoms with Gasteiger partial charge in [0, 0.05) is 12.1 Å². The van der Waals surface area contributed by atoms with Gasteiger partial charge in [0.25, 0.3) is 5.69 Å². The van der Waals surface area contributed by atoms with E-state index in [2.05, 4.69) is 0 Å². The van der Waals surface area contributed by atoms with Crippen molar-refractivity contribution in [3.05, 3.63) is 34.4 Å². The van der Waals surface area contributed by atoms with E-state index in [1.807, 2.05) is 0 Å². The zero-order valence-corrected chi connectivity index (χ0v) is 17.3. The maximum absolute atomic E-state index is 10.8. The van der Waals surface area contributed by atoms with Crippen molar-refractivity contribution in [2.24, 2.45) is 0 Å². The monoisotopic (exact) mass is 479 g/mol. The minimum atomic E-state index is -1.65. The number of ether oxygens (including phenoxy) is 3. The van der Waals surface area contributed by atoms with Gasteiger partial charge in [0.15, 0.2) is 0 Å². The van der Waals surface area contributed by atoms with Gasteiger partial charge in [-0.05, 0) is 12.1 Å². The highest BCUT2D eigenvalue weighted by atomic mass is 32.2. The average Bonchev–Trinajstić information content (AvgIpc) is 2.78. The Kier molecular flexibility index (Phi) is 8.26. The molecule has 0 saturated carbocycles. The van der Waals surface area contributed by atoms with E-state index in [-0.39, 0.29) is 11.4 Å². The molecule has 0 aromatic heterocycles. The fourth-order valence-corrected chi connectivity index (χ4v) is 4.89. The van der Waals surface area contributed by atoms with Gasteiger partial charge >= 0.3 is 0 Å². The Hall–Kier alpha value is -1.59. The van der Waals surface area contributed by atoms with E-state index in [0.29, 0.717) is 11.8 Å². The molecule has 2 aliphatic heterocycles. The maximum atomic E-state index is 10.8. The first-order valence-corrected chi connectivity index (χ1v) is 10.6. The Morgan fingerprint density at radius 3 is 2.03 bits per heavy atom. The molecular formula is C18H25NO12S. The first-order chi connectivity index (χ1) is 15.2. The van der Waals surface area contributed by atoms with Gasteiger partial charge in [-0.3, -0.25) is 10.1 Å². The fourth-order valence-electron chi connectivity index (χ4n) is 3.43. The highest BCUT2D eigenvalue weighted by molar-refractivity contribution is 8.00. The molecule has 0 aliphatic carbocycles. The first-order valence-electron chi connectivity index (χ1n) is 9.67. The molecule has 10 atom stereocenters. The lowest BCUT2D eigenvalue weighted by Crippen LogP contribution is -2.62. The number of rotatable bonds is 7. The predicted octanol–water partition coefficient (Wildman–Crippen LogP) is -2.69. The number of nitro benzene ring substituents is 1. The lowest BCUT2D eigenvalue weighted by atomic mass is 10.0. The van der Waals surface area contributed by atoms with E-state index in [9.17, 15) is 45.9 Å². The molecule has 3 rings (SSSR count). The topological polar surface area (TPSA) is 212 Å². The van der Waals surface area contributed by atoms with Crippen LogP contribution in [0.1, 0.15) is 0 Å². The van der Waals surface area contributed by atoms with E-state index in [1.54, 1.807) is 0 Å². The summed E-state index contributed by atoms with van der Waals surface area (Å²) in [6.07, 6.45) is -11.6. The number of thioether (sulfide) groups is 1. The number of hydrogen-bond donors (Lipinski definition) is 7. The molecule has 14 heteroatoms. The van der Waals surface area contributed by atoms with Gasteiger partial charge < -0.3 is 50.0 Å². The summed E-state index contributed by atoms with van der Waals surface area (Å²) in [5, 5.41) is 80.0. The van der Waals surface area contributed by atoms with Crippen LogP contribution in [-0.2, 0) is 9.47 Å². The van der Waals surface area contributed by atoms with Crippen LogP contribution in [0.25, 0.3) is 0 Å². The Morgan fingerprint density at radius 1 is 0.875 bits per heavy atom. The molecule has 2 aliphatic rings. The molecule has 0 spiro atoms. The summed E-state index contributed by atoms with van der Waals surface area (Å²) in [5.41, 5.74) is -1.43. The third-order valence-electron chi connectivity index (χ3n) is 5.26. The Balaban J connectivity index is 1.76. The number of nitro groups is 1. The van der Waals surface area contributed by atoms with E-state index >= 15 is 0 Å². The summed E-state index contributed by atoms with van der Waals surface area (Å²) in [7, 11) is 0. The second-order valence-electron chi connectivity index (χ2n) is 7.37. The van der Waals surface area contributed by atoms with E-state index in [4.69, 9.17) is 14.2 Å². The van der Waals surface area contributed by atoms with Crippen LogP contribution >= 0.6 is 11.8 Å². The van der Waals surface area contributed by atoms with Gasteiger partial charge in [0.2, 0.25) is 6.29 Å². The molecule has 180 valence electrons. The van der Waals surface area contributed by atoms with E-state index in [0.717, 1.165) is 0 Å². The summed E-state index contributed by atoms with van der Waals surface area (Å²) >= 11 is 0.716. The number of hydrogen-bond acceptors (Lipinski definition) is 13. The second kappa shape index (κ2) is 10.6. The third kappa shape index (κ3) is 5.14. The van der Waals surface area contributed by atoms with Gasteiger partial charge in [-0.15, -0.1) is 11.8 Å². The highest BCUT2D eigenvalue weighted by Gasteiger charge is 2.50. The van der Waals surface area contributed by atoms with Crippen LogP contribution < -0.4 is 4.74 Å². The molecule has 32 heavy (non-hydrogen) atoms. The standard InChI is InChI=1S/C18H25NO12S/c20-5-9-11(22)13(24)14(25)18(31-9)32-16-12(23)10(6-21)30-17(15(16)26)29-8-3-1-7(2-4-8)19(27)28/h1-4,9-18,20-26H,5-6H2/t9-,10+,11-,12+,13+,14-,15+,16+,17-,18+/m1/s1. The SMILES string of the molecule is O=[N+]([O-])c1ccc(O[C@@H]2O[C@@H](CO)[C@H](O)[C@H](S[C@@H]3O[C@H](CO)[C@@H](O)[C@H](O)[C@H]3O)[C@@H]2O)cc1. The molecule has 2 saturated heterocycles. The molecule has 2 fully saturated rings. The summed E-state index contributed by atoms with van der Waals surface area (Å²) in [6, 6.07) is 4.94. The van der Waals surface area contributed by atoms with Crippen LogP contribution in [0.4, 0.5) is 5.69 Å². The Bertz CT molecular complexity index is 767. The van der Waals surface area contributed by atoms with Crippen molar-refractivity contribution in [1.82, 2.24) is 0 Å². The largest absolute Gasteiger partial charge is 0.462 e. The molecule has 0 radical (unpaired) electrons. The fraction of sp³-hybridized carbons (Fsp3) is 0.667. The van der Waals surface area contributed by atoms with Crippen LogP contribution in [0.5, 0.6) is 5.75 Å². The number of aliphatic hydroxyl groups excluding tert-OH is 7. The number of aliphatic hydroxyl groups is 7. The van der Waals surface area contributed by atoms with Crippen molar-refractivity contribution >= 4 is 17.4 Å². The van der Waals surface area contributed by atoms with Crippen molar-refractivity contribution in [2.75, 3.05) is 13.2 Å². The quantitative estimate of drug-likeness (QED) is 0.157. The minimum absolute atomic E-state index is 0.115. The zero-order chi connectivity index (χ0) is 23.6. The normalized spacial score (nSPS) is 40.1. The molecular weight excluding hydrogens is 454 g/mol. The lowest BCUT2D eigenvalue weighted by molar-refractivity contribution is -0.384. The number of nitrogens with zero attached hydrogens (tertiary/aromatic N) is 1. The van der Waals surface area contributed by atoms with Gasteiger partial charge in [-0.25, -0.2) is 0 Å². The van der Waals surface area contributed by atoms with E-state index < -0.39 is 77.8 Å². The molecule has 0 unspecified atom stereocenters. The van der Waals surface area contributed by atoms with Crippen molar-refractivity contribution in [3.63, 3.8) is 0 Å². The lowest BCUT2D eigenvalue weighted by Gasteiger charge is -2.45. The van der Waals surface area contributed by atoms with Gasteiger partial charge in [0.1, 0.15) is 47.8 Å². The molecule has 1 aromatic carbocycles. The summed E-state index contributed by atoms with van der Waals surface area (Å²) < 4.78 is 16.4. The van der Waals surface area contributed by atoms with Crippen molar-refractivity contribution in [3.8, 4) is 5.75 Å². The smallest absolute Gasteiger partial charge is 0.269 e.